The molecule has 4 aliphatic rings. The number of allylic oxidation sites excluding steroid dienone is 1. The highest BCUT2D eigenvalue weighted by Gasteiger charge is 2.72. The lowest BCUT2D eigenvalue weighted by molar-refractivity contribution is -0.176. The van der Waals surface area contributed by atoms with Gasteiger partial charge in [0.2, 0.25) is 0 Å². The zero-order valence-electron chi connectivity index (χ0n) is 25.1. The van der Waals surface area contributed by atoms with Gasteiger partial charge in [-0.25, -0.2) is 0 Å². The van der Waals surface area contributed by atoms with Crippen LogP contribution in [0.15, 0.2) is 23.8 Å². The van der Waals surface area contributed by atoms with Crippen LogP contribution in [0.25, 0.3) is 0 Å². The number of fused-ring (bicyclic) bond motifs is 5. The molecule has 0 aromatic heterocycles. The van der Waals surface area contributed by atoms with E-state index in [-0.39, 0.29) is 28.4 Å². The summed E-state index contributed by atoms with van der Waals surface area (Å²) in [5, 5.41) is 34.0. The monoisotopic (exact) mass is 544 g/mol. The molecule has 9 atom stereocenters. The largest absolute Gasteiger partial charge is 0.456 e. The molecular weight excluding hydrogens is 496 g/mol. The molecule has 0 amide bonds. The van der Waals surface area contributed by atoms with Gasteiger partial charge in [0.25, 0.3) is 0 Å². The fraction of sp³-hybridized carbons (Fsp3) is 0.781. The first kappa shape index (κ1) is 30.1. The molecule has 3 saturated carbocycles. The number of esters is 1. The SMILES string of the molecule is CC(=O)OC(C)(C)/C=C/C(=O)[C@](C)(O)[C@H]1[C@H](O)C[C@@]2(C)[C@@H]3CC=C4[C@@H](CC(=O)[C@@H](O)C4(C)C)[C@]3(C)CC[C@]12C. The predicted octanol–water partition coefficient (Wildman–Crippen LogP) is 4.32. The van der Waals surface area contributed by atoms with Crippen LogP contribution in [-0.4, -0.2) is 56.3 Å². The fourth-order valence-corrected chi connectivity index (χ4v) is 9.59. The van der Waals surface area contributed by atoms with Crippen molar-refractivity contribution in [3.8, 4) is 0 Å². The summed E-state index contributed by atoms with van der Waals surface area (Å²) in [7, 11) is 0. The van der Waals surface area contributed by atoms with E-state index in [1.165, 1.54) is 31.6 Å². The Morgan fingerprint density at radius 2 is 1.67 bits per heavy atom. The molecule has 0 heterocycles. The highest BCUT2D eigenvalue weighted by Crippen LogP contribution is 2.75. The Kier molecular flexibility index (Phi) is 7.02. The van der Waals surface area contributed by atoms with Crippen molar-refractivity contribution in [2.45, 2.75) is 118 Å². The smallest absolute Gasteiger partial charge is 0.303 e. The average molecular weight is 545 g/mol. The molecule has 0 aliphatic heterocycles. The molecule has 7 heteroatoms. The van der Waals surface area contributed by atoms with Crippen molar-refractivity contribution < 1.29 is 34.4 Å². The maximum absolute atomic E-state index is 13.5. The second kappa shape index (κ2) is 9.09. The Labute approximate surface area is 233 Å². The Balaban J connectivity index is 1.70. The number of carbonyl (C=O) groups is 3. The second-order valence-corrected chi connectivity index (χ2v) is 14.9. The molecule has 218 valence electrons. The van der Waals surface area contributed by atoms with Gasteiger partial charge in [-0.3, -0.25) is 14.4 Å². The minimum atomic E-state index is -1.83. The molecular formula is C32H48O7. The van der Waals surface area contributed by atoms with Gasteiger partial charge in [0.15, 0.2) is 11.6 Å². The van der Waals surface area contributed by atoms with Gasteiger partial charge in [-0.05, 0) is 86.7 Å². The highest BCUT2D eigenvalue weighted by atomic mass is 16.6. The summed E-state index contributed by atoms with van der Waals surface area (Å²) in [6, 6.07) is 0. The van der Waals surface area contributed by atoms with Gasteiger partial charge in [-0.15, -0.1) is 0 Å². The Hall–Kier alpha value is -1.83. The zero-order valence-corrected chi connectivity index (χ0v) is 25.1. The third-order valence-corrected chi connectivity index (χ3v) is 11.8. The molecule has 3 fully saturated rings. The predicted molar refractivity (Wildman–Crippen MR) is 147 cm³/mol. The van der Waals surface area contributed by atoms with Gasteiger partial charge < -0.3 is 20.1 Å². The van der Waals surface area contributed by atoms with Crippen LogP contribution in [0.3, 0.4) is 0 Å². The molecule has 39 heavy (non-hydrogen) atoms. The van der Waals surface area contributed by atoms with Crippen LogP contribution in [0.5, 0.6) is 0 Å². The number of rotatable bonds is 5. The number of ether oxygens (including phenoxy) is 1. The van der Waals surface area contributed by atoms with E-state index in [1.807, 2.05) is 13.8 Å². The number of aliphatic hydroxyl groups excluding tert-OH is 2. The van der Waals surface area contributed by atoms with Gasteiger partial charge in [0, 0.05) is 24.7 Å². The van der Waals surface area contributed by atoms with Gasteiger partial charge in [-0.1, -0.05) is 46.3 Å². The molecule has 0 aromatic carbocycles. The van der Waals surface area contributed by atoms with Crippen molar-refractivity contribution in [1.29, 1.82) is 0 Å². The van der Waals surface area contributed by atoms with Gasteiger partial charge >= 0.3 is 5.97 Å². The lowest BCUT2D eigenvalue weighted by atomic mass is 9.39. The van der Waals surface area contributed by atoms with E-state index in [2.05, 4.69) is 26.8 Å². The molecule has 0 bridgehead atoms. The highest BCUT2D eigenvalue weighted by molar-refractivity contribution is 5.97. The number of hydrogen-bond donors (Lipinski definition) is 3. The standard InChI is InChI=1S/C32H48O7/c1-18(33)39-27(2,3)13-12-24(36)32(9,38)25-22(35)17-31(8)23-11-10-19-20(16-21(34)26(37)28(19,4)5)29(23,6)14-15-30(25,31)7/h10,12-13,20,22-23,25-26,35,37-38H,11,14-17H2,1-9H3/b13-12+/t20-,22-,23-,25+,26-,29+,30-,31+,32+/m1/s1. The summed E-state index contributed by atoms with van der Waals surface area (Å²) in [4.78, 5) is 37.8. The quantitative estimate of drug-likeness (QED) is 0.268. The van der Waals surface area contributed by atoms with E-state index in [9.17, 15) is 29.7 Å². The fourth-order valence-electron chi connectivity index (χ4n) is 9.59. The van der Waals surface area contributed by atoms with E-state index in [4.69, 9.17) is 4.74 Å². The third kappa shape index (κ3) is 4.29. The molecule has 0 radical (unpaired) electrons. The summed E-state index contributed by atoms with van der Waals surface area (Å²) in [6.07, 6.45) is 6.15. The van der Waals surface area contributed by atoms with Crippen LogP contribution >= 0.6 is 0 Å². The van der Waals surface area contributed by atoms with Crippen molar-refractivity contribution in [3.05, 3.63) is 23.8 Å². The first-order chi connectivity index (χ1) is 17.6. The first-order valence-corrected chi connectivity index (χ1v) is 14.4. The van der Waals surface area contributed by atoms with Gasteiger partial charge in [0.05, 0.1) is 6.10 Å². The summed E-state index contributed by atoms with van der Waals surface area (Å²) in [5.74, 6) is -1.63. The third-order valence-electron chi connectivity index (χ3n) is 11.8. The van der Waals surface area contributed by atoms with Crippen molar-refractivity contribution in [2.75, 3.05) is 0 Å². The molecule has 0 spiro atoms. The number of Topliss-reactive ketones (excluding diaryl/α,β-unsaturated/α-hetero) is 1. The Morgan fingerprint density at radius 3 is 2.26 bits per heavy atom. The molecule has 4 aliphatic carbocycles. The number of carbonyl (C=O) groups excluding carboxylic acids is 3. The summed E-state index contributed by atoms with van der Waals surface area (Å²) in [6.45, 7) is 16.6. The summed E-state index contributed by atoms with van der Waals surface area (Å²) >= 11 is 0. The normalized spacial score (nSPS) is 43.1. The maximum atomic E-state index is 13.5. The van der Waals surface area contributed by atoms with E-state index in [1.54, 1.807) is 13.8 Å². The van der Waals surface area contributed by atoms with Crippen LogP contribution in [-0.2, 0) is 19.1 Å². The summed E-state index contributed by atoms with van der Waals surface area (Å²) in [5.41, 5.74) is -3.42. The maximum Gasteiger partial charge on any atom is 0.303 e. The van der Waals surface area contributed by atoms with E-state index < -0.39 is 51.9 Å². The van der Waals surface area contributed by atoms with Crippen molar-refractivity contribution >= 4 is 17.5 Å². The lowest BCUT2D eigenvalue weighted by Gasteiger charge is -2.65. The van der Waals surface area contributed by atoms with Gasteiger partial charge in [-0.2, -0.15) is 0 Å². The van der Waals surface area contributed by atoms with E-state index >= 15 is 0 Å². The second-order valence-electron chi connectivity index (χ2n) is 14.9. The molecule has 4 rings (SSSR count). The minimum absolute atomic E-state index is 0.0216. The topological polar surface area (TPSA) is 121 Å². The van der Waals surface area contributed by atoms with Crippen LogP contribution in [0, 0.1) is 39.4 Å². The Morgan fingerprint density at radius 1 is 1.05 bits per heavy atom. The average Bonchev–Trinajstić information content (AvgIpc) is 3.01. The van der Waals surface area contributed by atoms with Crippen molar-refractivity contribution in [1.82, 2.24) is 0 Å². The molecule has 3 N–H and O–H groups in total. The minimum Gasteiger partial charge on any atom is -0.456 e. The van der Waals surface area contributed by atoms with Gasteiger partial charge in [0.1, 0.15) is 17.3 Å². The summed E-state index contributed by atoms with van der Waals surface area (Å²) < 4.78 is 5.26. The van der Waals surface area contributed by atoms with Crippen molar-refractivity contribution in [2.24, 2.45) is 39.4 Å². The van der Waals surface area contributed by atoms with Crippen LogP contribution in [0.1, 0.15) is 94.4 Å². The lowest BCUT2D eigenvalue weighted by Crippen LogP contribution is -2.62. The zero-order chi connectivity index (χ0) is 29.6. The van der Waals surface area contributed by atoms with Crippen LogP contribution in [0.2, 0.25) is 0 Å². The van der Waals surface area contributed by atoms with Crippen molar-refractivity contribution in [3.63, 3.8) is 0 Å². The molecule has 0 unspecified atom stereocenters. The van der Waals surface area contributed by atoms with E-state index in [0.717, 1.165) is 12.8 Å². The number of hydrogen-bond acceptors (Lipinski definition) is 7. The molecule has 7 nitrogen and oxygen atoms in total. The van der Waals surface area contributed by atoms with E-state index in [0.29, 0.717) is 19.3 Å². The molecule has 0 saturated heterocycles. The molecule has 0 aromatic rings. The van der Waals surface area contributed by atoms with Crippen LogP contribution < -0.4 is 0 Å². The number of aliphatic hydroxyl groups is 3. The first-order valence-electron chi connectivity index (χ1n) is 14.4. The van der Waals surface area contributed by atoms with Crippen LogP contribution in [0.4, 0.5) is 0 Å². The Bertz CT molecular complexity index is 1130. The number of ketones is 2.